The van der Waals surface area contributed by atoms with Crippen molar-refractivity contribution in [2.45, 2.75) is 49.3 Å². The van der Waals surface area contributed by atoms with Gasteiger partial charge in [0.05, 0.1) is 5.56 Å². The van der Waals surface area contributed by atoms with E-state index in [1.165, 1.54) is 11.1 Å². The van der Waals surface area contributed by atoms with Crippen LogP contribution < -0.4 is 0 Å². The van der Waals surface area contributed by atoms with E-state index in [9.17, 15) is 9.59 Å². The number of aromatic nitrogens is 1. The van der Waals surface area contributed by atoms with E-state index in [4.69, 9.17) is 4.74 Å². The Balaban J connectivity index is 1.43. The Morgan fingerprint density at radius 3 is 2.77 bits per heavy atom. The molecule has 1 aromatic heterocycles. The van der Waals surface area contributed by atoms with E-state index in [1.807, 2.05) is 48.7 Å². The number of hydrogen-bond donors (Lipinski definition) is 0. The molecule has 4 rings (SSSR count). The van der Waals surface area contributed by atoms with Crippen molar-refractivity contribution in [3.8, 4) is 0 Å². The SMILES string of the molecule is Cc1csc(SCc2ccccc2C(=O)OC(C)C(=O)c2ccc3c(c2)CCC3)n1. The number of thioether (sulfide) groups is 1. The van der Waals surface area contributed by atoms with E-state index in [2.05, 4.69) is 4.98 Å². The Morgan fingerprint density at radius 2 is 1.97 bits per heavy atom. The highest BCUT2D eigenvalue weighted by Gasteiger charge is 2.23. The molecule has 0 saturated heterocycles. The molecule has 0 radical (unpaired) electrons. The third-order valence-corrected chi connectivity index (χ3v) is 7.41. The van der Waals surface area contributed by atoms with Crippen molar-refractivity contribution >= 4 is 34.9 Å². The van der Waals surface area contributed by atoms with Gasteiger partial charge in [-0.15, -0.1) is 11.3 Å². The smallest absolute Gasteiger partial charge is 0.339 e. The zero-order valence-electron chi connectivity index (χ0n) is 17.0. The van der Waals surface area contributed by atoms with Gasteiger partial charge in [-0.25, -0.2) is 9.78 Å². The molecule has 0 aliphatic heterocycles. The minimum atomic E-state index is -0.834. The molecule has 154 valence electrons. The van der Waals surface area contributed by atoms with Gasteiger partial charge in [-0.1, -0.05) is 42.1 Å². The number of Topliss-reactive ketones (excluding diaryl/α,β-unsaturated/α-hetero) is 1. The van der Waals surface area contributed by atoms with Crippen LogP contribution in [0.3, 0.4) is 0 Å². The van der Waals surface area contributed by atoms with Crippen LogP contribution in [-0.4, -0.2) is 22.8 Å². The van der Waals surface area contributed by atoms with Gasteiger partial charge in [-0.2, -0.15) is 0 Å². The van der Waals surface area contributed by atoms with Crippen LogP contribution >= 0.6 is 23.1 Å². The Hall–Kier alpha value is -2.44. The first-order chi connectivity index (χ1) is 14.5. The van der Waals surface area contributed by atoms with Crippen LogP contribution in [0.2, 0.25) is 0 Å². The molecular weight excluding hydrogens is 414 g/mol. The average Bonchev–Trinajstić information content (AvgIpc) is 3.39. The quantitative estimate of drug-likeness (QED) is 0.271. The number of carbonyl (C=O) groups excluding carboxylic acids is 2. The van der Waals surface area contributed by atoms with E-state index in [1.54, 1.807) is 36.1 Å². The number of rotatable bonds is 7. The lowest BCUT2D eigenvalue weighted by atomic mass is 10.0. The lowest BCUT2D eigenvalue weighted by molar-refractivity contribution is 0.0318. The molecule has 4 nitrogen and oxygen atoms in total. The van der Waals surface area contributed by atoms with Gasteiger partial charge in [0.2, 0.25) is 5.78 Å². The van der Waals surface area contributed by atoms with Crippen molar-refractivity contribution < 1.29 is 14.3 Å². The van der Waals surface area contributed by atoms with Gasteiger partial charge < -0.3 is 4.74 Å². The van der Waals surface area contributed by atoms with Gasteiger partial charge in [0.25, 0.3) is 0 Å². The molecule has 2 aromatic carbocycles. The van der Waals surface area contributed by atoms with Crippen molar-refractivity contribution in [3.05, 3.63) is 81.4 Å². The topological polar surface area (TPSA) is 56.3 Å². The third kappa shape index (κ3) is 4.65. The minimum Gasteiger partial charge on any atom is -0.451 e. The number of nitrogens with zero attached hydrogens (tertiary/aromatic N) is 1. The summed E-state index contributed by atoms with van der Waals surface area (Å²) in [6, 6.07) is 13.2. The van der Waals surface area contributed by atoms with Crippen LogP contribution in [0.5, 0.6) is 0 Å². The van der Waals surface area contributed by atoms with E-state index < -0.39 is 12.1 Å². The molecule has 1 unspecified atom stereocenters. The molecular formula is C24H23NO3S2. The predicted molar refractivity (Wildman–Crippen MR) is 121 cm³/mol. The number of esters is 1. The van der Waals surface area contributed by atoms with E-state index >= 15 is 0 Å². The Bertz CT molecular complexity index is 1090. The molecule has 0 fully saturated rings. The maximum absolute atomic E-state index is 12.8. The summed E-state index contributed by atoms with van der Waals surface area (Å²) in [5.41, 5.74) is 5.52. The number of carbonyl (C=O) groups is 2. The molecule has 0 bridgehead atoms. The van der Waals surface area contributed by atoms with Crippen LogP contribution in [0.4, 0.5) is 0 Å². The summed E-state index contributed by atoms with van der Waals surface area (Å²) in [4.78, 5) is 30.1. The lowest BCUT2D eigenvalue weighted by Crippen LogP contribution is -2.25. The first-order valence-electron chi connectivity index (χ1n) is 10.0. The monoisotopic (exact) mass is 437 g/mol. The normalized spacial score (nSPS) is 13.7. The van der Waals surface area contributed by atoms with Gasteiger partial charge in [0, 0.05) is 22.4 Å². The fourth-order valence-corrected chi connectivity index (χ4v) is 5.47. The van der Waals surface area contributed by atoms with E-state index in [-0.39, 0.29) is 5.78 Å². The summed E-state index contributed by atoms with van der Waals surface area (Å²) in [7, 11) is 0. The largest absolute Gasteiger partial charge is 0.451 e. The van der Waals surface area contributed by atoms with Crippen molar-refractivity contribution in [2.24, 2.45) is 0 Å². The third-order valence-electron chi connectivity index (χ3n) is 5.22. The molecule has 0 N–H and O–H groups in total. The maximum atomic E-state index is 12.8. The first kappa shape index (κ1) is 20.8. The second-order valence-electron chi connectivity index (χ2n) is 7.45. The summed E-state index contributed by atoms with van der Waals surface area (Å²) in [6.45, 7) is 3.61. The second-order valence-corrected chi connectivity index (χ2v) is 9.53. The Kier molecular flexibility index (Phi) is 6.35. The summed E-state index contributed by atoms with van der Waals surface area (Å²) in [6.07, 6.45) is 2.38. The fraction of sp³-hybridized carbons (Fsp3) is 0.292. The minimum absolute atomic E-state index is 0.164. The standard InChI is InChI=1S/C24H23NO3S2/c1-15-13-29-24(25-15)30-14-20-6-3-4-9-21(20)23(27)28-16(2)22(26)19-11-10-17-7-5-8-18(17)12-19/h3-4,6,9-13,16H,5,7-8,14H2,1-2H3. The zero-order chi connectivity index (χ0) is 21.1. The highest BCUT2D eigenvalue weighted by molar-refractivity contribution is 8.00. The summed E-state index contributed by atoms with van der Waals surface area (Å²) < 4.78 is 6.53. The molecule has 0 spiro atoms. The van der Waals surface area contributed by atoms with E-state index in [0.717, 1.165) is 34.9 Å². The highest BCUT2D eigenvalue weighted by Crippen LogP contribution is 2.28. The number of ether oxygens (including phenoxy) is 1. The molecule has 6 heteroatoms. The van der Waals surface area contributed by atoms with Crippen LogP contribution in [0.25, 0.3) is 0 Å². The van der Waals surface area contributed by atoms with E-state index in [0.29, 0.717) is 16.9 Å². The fourth-order valence-electron chi connectivity index (χ4n) is 3.62. The van der Waals surface area contributed by atoms with Gasteiger partial charge in [0.1, 0.15) is 4.34 Å². The number of benzene rings is 2. The van der Waals surface area contributed by atoms with Gasteiger partial charge >= 0.3 is 5.97 Å². The second kappa shape index (κ2) is 9.14. The van der Waals surface area contributed by atoms with Gasteiger partial charge in [-0.3, -0.25) is 4.79 Å². The van der Waals surface area contributed by atoms with Gasteiger partial charge in [0.15, 0.2) is 6.10 Å². The Morgan fingerprint density at radius 1 is 1.17 bits per heavy atom. The van der Waals surface area contributed by atoms with Gasteiger partial charge in [-0.05, 0) is 61.9 Å². The van der Waals surface area contributed by atoms with Crippen molar-refractivity contribution in [1.29, 1.82) is 0 Å². The van der Waals surface area contributed by atoms with Crippen LogP contribution in [0, 0.1) is 6.92 Å². The van der Waals surface area contributed by atoms with Crippen molar-refractivity contribution in [3.63, 3.8) is 0 Å². The summed E-state index contributed by atoms with van der Waals surface area (Å²) in [5, 5.41) is 2.01. The number of aryl methyl sites for hydroxylation is 3. The molecule has 30 heavy (non-hydrogen) atoms. The predicted octanol–water partition coefficient (Wildman–Crippen LogP) is 5.66. The molecule has 1 atom stereocenters. The lowest BCUT2D eigenvalue weighted by Gasteiger charge is -2.15. The summed E-state index contributed by atoms with van der Waals surface area (Å²) >= 11 is 3.19. The molecule has 0 saturated carbocycles. The van der Waals surface area contributed by atoms with Crippen LogP contribution in [0.1, 0.15) is 56.4 Å². The number of hydrogen-bond acceptors (Lipinski definition) is 6. The van der Waals surface area contributed by atoms with Crippen LogP contribution in [0.15, 0.2) is 52.2 Å². The molecule has 1 aliphatic carbocycles. The van der Waals surface area contributed by atoms with Crippen molar-refractivity contribution in [1.82, 2.24) is 4.98 Å². The van der Waals surface area contributed by atoms with Crippen molar-refractivity contribution in [2.75, 3.05) is 0 Å². The average molecular weight is 438 g/mol. The Labute approximate surface area is 184 Å². The van der Waals surface area contributed by atoms with Crippen LogP contribution in [-0.2, 0) is 23.3 Å². The number of ketones is 1. The molecule has 1 heterocycles. The molecule has 3 aromatic rings. The number of fused-ring (bicyclic) bond motifs is 1. The molecule has 1 aliphatic rings. The molecule has 0 amide bonds. The first-order valence-corrected chi connectivity index (χ1v) is 11.9. The summed E-state index contributed by atoms with van der Waals surface area (Å²) in [5.74, 6) is -0.0162. The number of thiazole rings is 1. The zero-order valence-corrected chi connectivity index (χ0v) is 18.6. The highest BCUT2D eigenvalue weighted by atomic mass is 32.2. The maximum Gasteiger partial charge on any atom is 0.339 e.